The SMILES string of the molecule is CC(C(=O)Nc1cnc(Oc2ccccc2)cn1)N1CCC(F)(F)C(c2ccc(=O)[nH]c2)C1. The number of halogens is 2. The normalized spacial score (nSPS) is 18.9. The largest absolute Gasteiger partial charge is 0.438 e. The number of pyridine rings is 1. The van der Waals surface area contributed by atoms with Crippen molar-refractivity contribution in [3.8, 4) is 11.6 Å². The molecule has 2 atom stereocenters. The number of para-hydroxylation sites is 1. The van der Waals surface area contributed by atoms with E-state index in [0.717, 1.165) is 0 Å². The molecule has 172 valence electrons. The summed E-state index contributed by atoms with van der Waals surface area (Å²) in [7, 11) is 0. The Morgan fingerprint density at radius 1 is 1.21 bits per heavy atom. The van der Waals surface area contributed by atoms with Gasteiger partial charge in [-0.2, -0.15) is 0 Å². The van der Waals surface area contributed by atoms with E-state index < -0.39 is 17.9 Å². The fourth-order valence-corrected chi connectivity index (χ4v) is 3.71. The van der Waals surface area contributed by atoms with Gasteiger partial charge in [0.2, 0.25) is 17.3 Å². The van der Waals surface area contributed by atoms with Crippen molar-refractivity contribution in [2.45, 2.75) is 31.2 Å². The second-order valence-corrected chi connectivity index (χ2v) is 7.87. The first-order valence-electron chi connectivity index (χ1n) is 10.5. The molecule has 1 fully saturated rings. The van der Waals surface area contributed by atoms with Crippen molar-refractivity contribution in [1.82, 2.24) is 19.9 Å². The summed E-state index contributed by atoms with van der Waals surface area (Å²) in [6.45, 7) is 1.70. The van der Waals surface area contributed by atoms with Gasteiger partial charge < -0.3 is 15.0 Å². The smallest absolute Gasteiger partial charge is 0.257 e. The van der Waals surface area contributed by atoms with Gasteiger partial charge in [0.1, 0.15) is 5.75 Å². The van der Waals surface area contributed by atoms with Crippen LogP contribution in [0.3, 0.4) is 0 Å². The summed E-state index contributed by atoms with van der Waals surface area (Å²) in [6.07, 6.45) is 3.68. The highest BCUT2D eigenvalue weighted by Crippen LogP contribution is 2.40. The van der Waals surface area contributed by atoms with E-state index in [-0.39, 0.29) is 42.7 Å². The zero-order valence-electron chi connectivity index (χ0n) is 17.9. The van der Waals surface area contributed by atoms with E-state index in [1.54, 1.807) is 24.0 Å². The molecule has 1 saturated heterocycles. The first-order chi connectivity index (χ1) is 15.8. The molecular weight excluding hydrogens is 432 g/mol. The monoisotopic (exact) mass is 455 g/mol. The molecule has 4 rings (SSSR count). The van der Waals surface area contributed by atoms with E-state index in [4.69, 9.17) is 4.74 Å². The summed E-state index contributed by atoms with van der Waals surface area (Å²) >= 11 is 0. The third-order valence-electron chi connectivity index (χ3n) is 5.64. The summed E-state index contributed by atoms with van der Waals surface area (Å²) in [6, 6.07) is 11.0. The first-order valence-corrected chi connectivity index (χ1v) is 10.5. The van der Waals surface area contributed by atoms with Crippen molar-refractivity contribution >= 4 is 11.7 Å². The van der Waals surface area contributed by atoms with Crippen molar-refractivity contribution in [3.05, 3.63) is 77.0 Å². The number of carbonyl (C=O) groups excluding carboxylic acids is 1. The number of anilines is 1. The maximum absolute atomic E-state index is 14.6. The highest BCUT2D eigenvalue weighted by atomic mass is 19.3. The maximum Gasteiger partial charge on any atom is 0.257 e. The summed E-state index contributed by atoms with van der Waals surface area (Å²) in [5.74, 6) is -3.35. The summed E-state index contributed by atoms with van der Waals surface area (Å²) in [4.78, 5) is 36.5. The van der Waals surface area contributed by atoms with Crippen LogP contribution in [0.5, 0.6) is 11.6 Å². The Morgan fingerprint density at radius 2 is 2.00 bits per heavy atom. The van der Waals surface area contributed by atoms with Gasteiger partial charge in [0, 0.05) is 31.8 Å². The van der Waals surface area contributed by atoms with Crippen LogP contribution in [0, 0.1) is 0 Å². The number of H-pyrrole nitrogens is 1. The van der Waals surface area contributed by atoms with E-state index in [2.05, 4.69) is 20.3 Å². The fourth-order valence-electron chi connectivity index (χ4n) is 3.71. The number of nitrogens with one attached hydrogen (secondary N) is 2. The fraction of sp³-hybridized carbons (Fsp3) is 0.304. The van der Waals surface area contributed by atoms with E-state index >= 15 is 0 Å². The second-order valence-electron chi connectivity index (χ2n) is 7.87. The molecule has 0 bridgehead atoms. The molecule has 2 unspecified atom stereocenters. The van der Waals surface area contributed by atoms with Gasteiger partial charge in [-0.05, 0) is 24.6 Å². The average molecular weight is 455 g/mol. The molecule has 0 saturated carbocycles. The van der Waals surface area contributed by atoms with Crippen LogP contribution < -0.4 is 15.6 Å². The highest BCUT2D eigenvalue weighted by molar-refractivity contribution is 5.93. The first kappa shape index (κ1) is 22.5. The van der Waals surface area contributed by atoms with Crippen LogP contribution in [0.15, 0.2) is 65.8 Å². The Labute approximate surface area is 188 Å². The molecule has 1 aromatic carbocycles. The summed E-state index contributed by atoms with van der Waals surface area (Å²) in [5, 5.41) is 2.67. The average Bonchev–Trinajstić information content (AvgIpc) is 2.81. The Hall–Kier alpha value is -3.66. The highest BCUT2D eigenvalue weighted by Gasteiger charge is 2.46. The van der Waals surface area contributed by atoms with Crippen molar-refractivity contribution in [2.24, 2.45) is 0 Å². The number of alkyl halides is 2. The molecule has 1 aliphatic heterocycles. The molecule has 3 aromatic rings. The van der Waals surface area contributed by atoms with E-state index in [1.165, 1.54) is 30.7 Å². The van der Waals surface area contributed by atoms with Gasteiger partial charge in [-0.1, -0.05) is 24.3 Å². The van der Waals surface area contributed by atoms with Gasteiger partial charge in [-0.15, -0.1) is 0 Å². The third-order valence-corrected chi connectivity index (χ3v) is 5.64. The van der Waals surface area contributed by atoms with Gasteiger partial charge in [-0.25, -0.2) is 18.7 Å². The molecule has 33 heavy (non-hydrogen) atoms. The third kappa shape index (κ3) is 5.40. The van der Waals surface area contributed by atoms with E-state index in [9.17, 15) is 18.4 Å². The summed E-state index contributed by atoms with van der Waals surface area (Å²) < 4.78 is 34.7. The minimum absolute atomic E-state index is 0.0246. The van der Waals surface area contributed by atoms with Gasteiger partial charge in [-0.3, -0.25) is 14.5 Å². The van der Waals surface area contributed by atoms with Gasteiger partial charge in [0.05, 0.1) is 24.4 Å². The minimum atomic E-state index is -2.94. The Morgan fingerprint density at radius 3 is 2.67 bits per heavy atom. The minimum Gasteiger partial charge on any atom is -0.438 e. The molecule has 10 heteroatoms. The zero-order chi connectivity index (χ0) is 23.4. The molecular formula is C23H23F2N5O3. The number of carbonyl (C=O) groups is 1. The lowest BCUT2D eigenvalue weighted by Crippen LogP contribution is -2.52. The number of amides is 1. The number of aromatic amines is 1. The quantitative estimate of drug-likeness (QED) is 0.591. The standard InChI is InChI=1S/C23H23F2N5O3/c1-15(30-10-9-23(24,25)18(14-30)16-7-8-20(31)27-11-16)22(32)29-19-12-28-21(13-26-19)33-17-5-3-2-4-6-17/h2-8,11-13,15,18H,9-10,14H2,1H3,(H,27,31)(H,26,29,32). The number of aromatic nitrogens is 3. The summed E-state index contributed by atoms with van der Waals surface area (Å²) in [5.41, 5.74) is -0.0273. The van der Waals surface area contributed by atoms with Crippen LogP contribution in [0.2, 0.25) is 0 Å². The van der Waals surface area contributed by atoms with Crippen molar-refractivity contribution in [3.63, 3.8) is 0 Å². The number of likely N-dealkylation sites (tertiary alicyclic amines) is 1. The van der Waals surface area contributed by atoms with Gasteiger partial charge in [0.15, 0.2) is 5.82 Å². The Bertz CT molecular complexity index is 1130. The number of hydrogen-bond acceptors (Lipinski definition) is 6. The van der Waals surface area contributed by atoms with Crippen LogP contribution >= 0.6 is 0 Å². The van der Waals surface area contributed by atoms with Gasteiger partial charge >= 0.3 is 0 Å². The number of piperidine rings is 1. The van der Waals surface area contributed by atoms with Crippen molar-refractivity contribution in [1.29, 1.82) is 0 Å². The Kier molecular flexibility index (Phi) is 6.45. The second kappa shape index (κ2) is 9.45. The number of nitrogens with zero attached hydrogens (tertiary/aromatic N) is 3. The number of benzene rings is 1. The van der Waals surface area contributed by atoms with E-state index in [0.29, 0.717) is 11.3 Å². The molecule has 2 aromatic heterocycles. The molecule has 0 radical (unpaired) electrons. The number of ether oxygens (including phenoxy) is 1. The lowest BCUT2D eigenvalue weighted by molar-refractivity contribution is -0.125. The lowest BCUT2D eigenvalue weighted by atomic mass is 9.87. The predicted molar refractivity (Wildman–Crippen MR) is 118 cm³/mol. The van der Waals surface area contributed by atoms with Crippen LogP contribution in [-0.2, 0) is 4.79 Å². The number of rotatable bonds is 6. The molecule has 2 N–H and O–H groups in total. The van der Waals surface area contributed by atoms with Gasteiger partial charge in [0.25, 0.3) is 5.92 Å². The topological polar surface area (TPSA) is 100 Å². The van der Waals surface area contributed by atoms with Crippen molar-refractivity contribution < 1.29 is 18.3 Å². The number of hydrogen-bond donors (Lipinski definition) is 2. The molecule has 1 amide bonds. The molecule has 1 aliphatic rings. The van der Waals surface area contributed by atoms with Crippen LogP contribution in [0.25, 0.3) is 0 Å². The van der Waals surface area contributed by atoms with E-state index in [1.807, 2.05) is 18.2 Å². The van der Waals surface area contributed by atoms with Crippen LogP contribution in [0.1, 0.15) is 24.8 Å². The van der Waals surface area contributed by atoms with Crippen LogP contribution in [-0.4, -0.2) is 50.8 Å². The zero-order valence-corrected chi connectivity index (χ0v) is 17.9. The maximum atomic E-state index is 14.6. The molecule has 3 heterocycles. The molecule has 0 aliphatic carbocycles. The lowest BCUT2D eigenvalue weighted by Gasteiger charge is -2.40. The molecule has 0 spiro atoms. The Balaban J connectivity index is 1.39. The molecule has 8 nitrogen and oxygen atoms in total. The predicted octanol–water partition coefficient (Wildman–Crippen LogP) is 3.41. The van der Waals surface area contributed by atoms with Crippen LogP contribution in [0.4, 0.5) is 14.6 Å². The van der Waals surface area contributed by atoms with Crippen molar-refractivity contribution in [2.75, 3.05) is 18.4 Å².